The second-order valence-corrected chi connectivity index (χ2v) is 22.3. The Kier molecular flexibility index (Phi) is 65.8. The molecule has 0 fully saturated rings. The van der Waals surface area contributed by atoms with Gasteiger partial charge in [-0.2, -0.15) is 0 Å². The highest BCUT2D eigenvalue weighted by molar-refractivity contribution is 5.71. The molecule has 0 spiro atoms. The van der Waals surface area contributed by atoms with Crippen LogP contribution in [0.3, 0.4) is 0 Å². The Bertz CT molecular complexity index is 1800. The zero-order valence-electron chi connectivity index (χ0n) is 53.9. The number of ether oxygens (including phenoxy) is 3. The highest BCUT2D eigenvalue weighted by Gasteiger charge is 2.19. The monoisotopic (exact) mass is 1150 g/mol. The van der Waals surface area contributed by atoms with Gasteiger partial charge in [0, 0.05) is 19.3 Å². The minimum Gasteiger partial charge on any atom is -0.462 e. The molecule has 0 radical (unpaired) electrons. The minimum absolute atomic E-state index is 0.0927. The third-order valence-electron chi connectivity index (χ3n) is 14.3. The summed E-state index contributed by atoms with van der Waals surface area (Å²) in [6, 6.07) is 0. The number of hydrogen-bond donors (Lipinski definition) is 0. The van der Waals surface area contributed by atoms with Crippen molar-refractivity contribution in [1.29, 1.82) is 0 Å². The van der Waals surface area contributed by atoms with Crippen molar-refractivity contribution >= 4 is 17.9 Å². The van der Waals surface area contributed by atoms with Crippen LogP contribution < -0.4 is 0 Å². The fraction of sp³-hybridized carbons (Fsp3) is 0.649. The quantitative estimate of drug-likeness (QED) is 0.0261. The van der Waals surface area contributed by atoms with Gasteiger partial charge in [-0.05, 0) is 135 Å². The van der Waals surface area contributed by atoms with Crippen LogP contribution in [0.5, 0.6) is 0 Å². The van der Waals surface area contributed by atoms with Gasteiger partial charge in [-0.1, -0.05) is 295 Å². The highest BCUT2D eigenvalue weighted by atomic mass is 16.6. The lowest BCUT2D eigenvalue weighted by Crippen LogP contribution is -2.30. The molecule has 6 nitrogen and oxygen atoms in total. The SMILES string of the molecule is CC/C=C\C/C=C\C/C=C\C/C=C\C/C=C\CCCCCCCCCCCCCCCCCC(=O)OCC(COC(=O)CCCCCCC/C=C\C/C=C\C/C=C\CC)OC(=O)CCCCCCCC/C=C\C/C=C\C/C=C\C/C=C\CC. The maximum Gasteiger partial charge on any atom is 0.306 e. The average Bonchev–Trinajstić information content (AvgIpc) is 3.49. The van der Waals surface area contributed by atoms with Gasteiger partial charge >= 0.3 is 17.9 Å². The summed E-state index contributed by atoms with van der Waals surface area (Å²) in [5.41, 5.74) is 0. The largest absolute Gasteiger partial charge is 0.462 e. The summed E-state index contributed by atoms with van der Waals surface area (Å²) in [6.07, 6.45) is 100. The van der Waals surface area contributed by atoms with Crippen molar-refractivity contribution in [2.75, 3.05) is 13.2 Å². The van der Waals surface area contributed by atoms with Crippen molar-refractivity contribution in [3.63, 3.8) is 0 Å². The summed E-state index contributed by atoms with van der Waals surface area (Å²) in [4.78, 5) is 38.4. The van der Waals surface area contributed by atoms with Crippen molar-refractivity contribution in [2.45, 2.75) is 309 Å². The van der Waals surface area contributed by atoms with Crippen LogP contribution in [0.4, 0.5) is 0 Å². The normalized spacial score (nSPS) is 13.0. The zero-order chi connectivity index (χ0) is 59.9. The summed E-state index contributed by atoms with van der Waals surface area (Å²) in [7, 11) is 0. The molecule has 0 saturated carbocycles. The first kappa shape index (κ1) is 78.3. The van der Waals surface area contributed by atoms with E-state index in [-0.39, 0.29) is 31.1 Å². The molecule has 0 saturated heterocycles. The number of carbonyl (C=O) groups excluding carboxylic acids is 3. The van der Waals surface area contributed by atoms with Crippen LogP contribution in [0.15, 0.2) is 146 Å². The number of unbranched alkanes of at least 4 members (excludes halogenated alkanes) is 26. The Labute approximate surface area is 512 Å². The van der Waals surface area contributed by atoms with Crippen LogP contribution in [0.25, 0.3) is 0 Å². The van der Waals surface area contributed by atoms with E-state index in [1.165, 1.54) is 96.3 Å². The molecule has 0 N–H and O–H groups in total. The Balaban J connectivity index is 4.31. The molecule has 0 rings (SSSR count). The molecule has 0 aromatic rings. The lowest BCUT2D eigenvalue weighted by Gasteiger charge is -2.18. The van der Waals surface area contributed by atoms with Crippen LogP contribution in [-0.2, 0) is 28.6 Å². The summed E-state index contributed by atoms with van der Waals surface area (Å²) in [6.45, 7) is 6.29. The first-order valence-electron chi connectivity index (χ1n) is 34.3. The molecule has 0 aliphatic heterocycles. The van der Waals surface area contributed by atoms with Gasteiger partial charge in [0.15, 0.2) is 6.10 Å². The Morgan fingerprint density at radius 2 is 0.434 bits per heavy atom. The van der Waals surface area contributed by atoms with Gasteiger partial charge < -0.3 is 14.2 Å². The number of allylic oxidation sites excluding steroid dienone is 24. The number of rotatable bonds is 61. The molecule has 1 unspecified atom stereocenters. The molecule has 0 amide bonds. The van der Waals surface area contributed by atoms with Gasteiger partial charge in [0.1, 0.15) is 13.2 Å². The summed E-state index contributed by atoms with van der Waals surface area (Å²) >= 11 is 0. The average molecular weight is 1150 g/mol. The van der Waals surface area contributed by atoms with Crippen molar-refractivity contribution < 1.29 is 28.6 Å². The lowest BCUT2D eigenvalue weighted by molar-refractivity contribution is -0.167. The molecule has 0 heterocycles. The third-order valence-corrected chi connectivity index (χ3v) is 14.3. The van der Waals surface area contributed by atoms with Gasteiger partial charge in [-0.3, -0.25) is 14.4 Å². The van der Waals surface area contributed by atoms with E-state index in [1.54, 1.807) is 0 Å². The molecule has 0 bridgehead atoms. The predicted molar refractivity (Wildman–Crippen MR) is 362 cm³/mol. The smallest absolute Gasteiger partial charge is 0.306 e. The Morgan fingerprint density at radius 3 is 0.675 bits per heavy atom. The highest BCUT2D eigenvalue weighted by Crippen LogP contribution is 2.16. The fourth-order valence-corrected chi connectivity index (χ4v) is 9.30. The Morgan fingerprint density at radius 1 is 0.241 bits per heavy atom. The van der Waals surface area contributed by atoms with Crippen molar-refractivity contribution in [2.24, 2.45) is 0 Å². The first-order chi connectivity index (χ1) is 41.0. The standard InChI is InChI=1S/C77H126O6/c1-4-7-10-13-16-19-22-25-28-30-32-33-34-35-36-37-38-39-40-41-42-43-45-46-49-52-55-58-61-64-67-70-76(79)82-73-74(72-81-75(78)69-66-63-60-57-54-51-48-27-24-21-18-15-12-9-6-3)83-77(80)71-68-65-62-59-56-53-50-47-44-31-29-26-23-20-17-14-11-8-5-2/h7-12,16-21,25-29,32-33,35-36,44,47-48,74H,4-6,13-15,22-24,30-31,34,37-43,45-46,49-73H2,1-3H3/b10-7-,11-8-,12-9-,19-16-,20-17-,21-18-,28-25-,29-26-,33-32-,36-35-,47-44-,48-27-. The van der Waals surface area contributed by atoms with E-state index < -0.39 is 6.10 Å². The Hall–Kier alpha value is -4.71. The number of hydrogen-bond acceptors (Lipinski definition) is 6. The summed E-state index contributed by atoms with van der Waals surface area (Å²) in [5.74, 6) is -0.919. The van der Waals surface area contributed by atoms with E-state index >= 15 is 0 Å². The maximum absolute atomic E-state index is 12.9. The van der Waals surface area contributed by atoms with Crippen molar-refractivity contribution in [3.05, 3.63) is 146 Å². The minimum atomic E-state index is -0.800. The van der Waals surface area contributed by atoms with Crippen molar-refractivity contribution in [3.8, 4) is 0 Å². The molecule has 0 aromatic heterocycles. The number of esters is 3. The van der Waals surface area contributed by atoms with E-state index in [1.807, 2.05) is 0 Å². The third kappa shape index (κ3) is 68.0. The van der Waals surface area contributed by atoms with Gasteiger partial charge in [0.25, 0.3) is 0 Å². The molecule has 0 aliphatic rings. The van der Waals surface area contributed by atoms with E-state index in [9.17, 15) is 14.4 Å². The van der Waals surface area contributed by atoms with Crippen LogP contribution in [0.1, 0.15) is 303 Å². The van der Waals surface area contributed by atoms with Crippen LogP contribution in [-0.4, -0.2) is 37.2 Å². The van der Waals surface area contributed by atoms with Gasteiger partial charge in [-0.15, -0.1) is 0 Å². The molecule has 6 heteroatoms. The summed E-state index contributed by atoms with van der Waals surface area (Å²) < 4.78 is 16.9. The van der Waals surface area contributed by atoms with E-state index in [4.69, 9.17) is 14.2 Å². The number of carbonyl (C=O) groups is 3. The molecule has 1 atom stereocenters. The van der Waals surface area contributed by atoms with Crippen LogP contribution in [0, 0.1) is 0 Å². The molecular weight excluding hydrogens is 1020 g/mol. The fourth-order valence-electron chi connectivity index (χ4n) is 9.30. The molecule has 0 aromatic carbocycles. The topological polar surface area (TPSA) is 78.9 Å². The van der Waals surface area contributed by atoms with Gasteiger partial charge in [-0.25, -0.2) is 0 Å². The zero-order valence-corrected chi connectivity index (χ0v) is 53.9. The summed E-state index contributed by atoms with van der Waals surface area (Å²) in [5, 5.41) is 0. The first-order valence-corrected chi connectivity index (χ1v) is 34.3. The van der Waals surface area contributed by atoms with Gasteiger partial charge in [0.2, 0.25) is 0 Å². The maximum atomic E-state index is 12.9. The molecule has 470 valence electrons. The van der Waals surface area contributed by atoms with E-state index in [0.717, 1.165) is 167 Å². The predicted octanol–water partition coefficient (Wildman–Crippen LogP) is 23.9. The van der Waals surface area contributed by atoms with Gasteiger partial charge in [0.05, 0.1) is 0 Å². The van der Waals surface area contributed by atoms with E-state index in [0.29, 0.717) is 19.3 Å². The van der Waals surface area contributed by atoms with Crippen LogP contribution >= 0.6 is 0 Å². The lowest BCUT2D eigenvalue weighted by atomic mass is 10.0. The molecule has 83 heavy (non-hydrogen) atoms. The molecular formula is C77H126O6. The van der Waals surface area contributed by atoms with Crippen molar-refractivity contribution in [1.82, 2.24) is 0 Å². The second-order valence-electron chi connectivity index (χ2n) is 22.3. The van der Waals surface area contributed by atoms with E-state index in [2.05, 4.69) is 167 Å². The second kappa shape index (κ2) is 69.8. The molecule has 0 aliphatic carbocycles. The van der Waals surface area contributed by atoms with Crippen LogP contribution in [0.2, 0.25) is 0 Å².